The van der Waals surface area contributed by atoms with Gasteiger partial charge in [0.1, 0.15) is 16.7 Å². The SMILES string of the molecule is Cc1ccc2oc(-c3cccc([N+](=O)[O-])c3)cc(=O)c2c1[N+](=O)[O-]. The third kappa shape index (κ3) is 2.50. The van der Waals surface area contributed by atoms with E-state index in [4.69, 9.17) is 4.42 Å². The largest absolute Gasteiger partial charge is 0.456 e. The van der Waals surface area contributed by atoms with Gasteiger partial charge >= 0.3 is 0 Å². The number of nitro benzene ring substituents is 2. The molecule has 1 heterocycles. The van der Waals surface area contributed by atoms with E-state index in [2.05, 4.69) is 0 Å². The molecule has 3 aromatic rings. The van der Waals surface area contributed by atoms with Crippen molar-refractivity contribution in [1.82, 2.24) is 0 Å². The van der Waals surface area contributed by atoms with E-state index in [0.29, 0.717) is 11.1 Å². The Hall–Kier alpha value is -3.55. The fourth-order valence-corrected chi connectivity index (χ4v) is 2.49. The summed E-state index contributed by atoms with van der Waals surface area (Å²) in [5, 5.41) is 22.0. The molecule has 24 heavy (non-hydrogen) atoms. The molecule has 0 fully saturated rings. The third-order valence-electron chi connectivity index (χ3n) is 3.59. The summed E-state index contributed by atoms with van der Waals surface area (Å²) in [6.45, 7) is 1.53. The number of aryl methyl sites for hydroxylation is 1. The molecule has 2 aromatic carbocycles. The summed E-state index contributed by atoms with van der Waals surface area (Å²) in [6.07, 6.45) is 0. The van der Waals surface area contributed by atoms with E-state index in [1.54, 1.807) is 6.07 Å². The van der Waals surface area contributed by atoms with Crippen LogP contribution in [0.2, 0.25) is 0 Å². The number of benzene rings is 2. The van der Waals surface area contributed by atoms with E-state index >= 15 is 0 Å². The Morgan fingerprint density at radius 3 is 2.42 bits per heavy atom. The van der Waals surface area contributed by atoms with E-state index < -0.39 is 15.3 Å². The quantitative estimate of drug-likeness (QED) is 0.536. The maximum Gasteiger partial charge on any atom is 0.287 e. The van der Waals surface area contributed by atoms with Crippen molar-refractivity contribution >= 4 is 22.3 Å². The summed E-state index contributed by atoms with van der Waals surface area (Å²) in [6, 6.07) is 9.67. The zero-order valence-corrected chi connectivity index (χ0v) is 12.4. The lowest BCUT2D eigenvalue weighted by molar-refractivity contribution is -0.384. The fourth-order valence-electron chi connectivity index (χ4n) is 2.49. The second kappa shape index (κ2) is 5.58. The minimum atomic E-state index is -0.623. The van der Waals surface area contributed by atoms with Gasteiger partial charge < -0.3 is 4.42 Å². The Kier molecular flexibility index (Phi) is 3.57. The van der Waals surface area contributed by atoms with Crippen molar-refractivity contribution < 1.29 is 14.3 Å². The Balaban J connectivity index is 2.29. The van der Waals surface area contributed by atoms with Gasteiger partial charge in [-0.25, -0.2) is 0 Å². The second-order valence-electron chi connectivity index (χ2n) is 5.14. The van der Waals surface area contributed by atoms with Crippen LogP contribution in [-0.2, 0) is 0 Å². The van der Waals surface area contributed by atoms with Crippen LogP contribution in [0.3, 0.4) is 0 Å². The first-order chi connectivity index (χ1) is 11.4. The van der Waals surface area contributed by atoms with Crippen molar-refractivity contribution in [1.29, 1.82) is 0 Å². The summed E-state index contributed by atoms with van der Waals surface area (Å²) < 4.78 is 5.58. The molecule has 0 saturated carbocycles. The van der Waals surface area contributed by atoms with Gasteiger partial charge in [0.2, 0.25) is 0 Å². The lowest BCUT2D eigenvalue weighted by Crippen LogP contribution is -2.05. The average molecular weight is 326 g/mol. The van der Waals surface area contributed by atoms with E-state index in [1.165, 1.54) is 37.3 Å². The molecule has 0 amide bonds. The zero-order chi connectivity index (χ0) is 17.4. The number of nitro groups is 2. The third-order valence-corrected chi connectivity index (χ3v) is 3.59. The summed E-state index contributed by atoms with van der Waals surface area (Å²) in [7, 11) is 0. The van der Waals surface area contributed by atoms with Crippen molar-refractivity contribution in [2.24, 2.45) is 0 Å². The normalized spacial score (nSPS) is 10.7. The van der Waals surface area contributed by atoms with E-state index in [9.17, 15) is 25.0 Å². The Labute approximate surface area is 134 Å². The molecule has 0 N–H and O–H groups in total. The number of non-ortho nitro benzene ring substituents is 1. The lowest BCUT2D eigenvalue weighted by Gasteiger charge is -2.05. The highest BCUT2D eigenvalue weighted by atomic mass is 16.6. The van der Waals surface area contributed by atoms with E-state index in [1.807, 2.05) is 0 Å². The minimum Gasteiger partial charge on any atom is -0.456 e. The van der Waals surface area contributed by atoms with Gasteiger partial charge in [0.05, 0.1) is 9.85 Å². The first-order valence-electron chi connectivity index (χ1n) is 6.85. The van der Waals surface area contributed by atoms with Crippen LogP contribution in [0.4, 0.5) is 11.4 Å². The van der Waals surface area contributed by atoms with Gasteiger partial charge in [-0.3, -0.25) is 25.0 Å². The second-order valence-corrected chi connectivity index (χ2v) is 5.14. The molecular weight excluding hydrogens is 316 g/mol. The molecule has 3 rings (SSSR count). The van der Waals surface area contributed by atoms with Crippen molar-refractivity contribution in [3.63, 3.8) is 0 Å². The number of hydrogen-bond acceptors (Lipinski definition) is 6. The molecule has 0 aliphatic heterocycles. The number of hydrogen-bond donors (Lipinski definition) is 0. The van der Waals surface area contributed by atoms with E-state index in [-0.39, 0.29) is 28.1 Å². The molecule has 0 aliphatic carbocycles. The fraction of sp³-hybridized carbons (Fsp3) is 0.0625. The first kappa shape index (κ1) is 15.3. The van der Waals surface area contributed by atoms with Crippen LogP contribution < -0.4 is 5.43 Å². The number of nitrogens with zero attached hydrogens (tertiary/aromatic N) is 2. The molecule has 0 radical (unpaired) electrons. The van der Waals surface area contributed by atoms with Gasteiger partial charge in [0, 0.05) is 29.3 Å². The maximum atomic E-state index is 12.4. The highest BCUT2D eigenvalue weighted by Crippen LogP contribution is 2.30. The number of fused-ring (bicyclic) bond motifs is 1. The molecule has 0 spiro atoms. The molecule has 8 nitrogen and oxygen atoms in total. The Morgan fingerprint density at radius 2 is 1.75 bits per heavy atom. The van der Waals surface area contributed by atoms with Crippen molar-refractivity contribution in [2.75, 3.05) is 0 Å². The first-order valence-corrected chi connectivity index (χ1v) is 6.85. The molecule has 8 heteroatoms. The van der Waals surface area contributed by atoms with Crippen molar-refractivity contribution in [3.8, 4) is 11.3 Å². The van der Waals surface area contributed by atoms with Crippen LogP contribution in [0.1, 0.15) is 5.56 Å². The smallest absolute Gasteiger partial charge is 0.287 e. The van der Waals surface area contributed by atoms with Crippen LogP contribution in [0, 0.1) is 27.2 Å². The van der Waals surface area contributed by atoms with Gasteiger partial charge in [-0.2, -0.15) is 0 Å². The molecule has 0 aliphatic rings. The molecule has 120 valence electrons. The number of rotatable bonds is 3. The van der Waals surface area contributed by atoms with Crippen LogP contribution in [0.25, 0.3) is 22.3 Å². The monoisotopic (exact) mass is 326 g/mol. The summed E-state index contributed by atoms with van der Waals surface area (Å²) >= 11 is 0. The Bertz CT molecular complexity index is 1050. The Morgan fingerprint density at radius 1 is 1.00 bits per heavy atom. The van der Waals surface area contributed by atoms with Gasteiger partial charge in [0.25, 0.3) is 11.4 Å². The lowest BCUT2D eigenvalue weighted by atomic mass is 10.1. The van der Waals surface area contributed by atoms with Gasteiger partial charge in [0.15, 0.2) is 5.43 Å². The predicted molar refractivity (Wildman–Crippen MR) is 86.0 cm³/mol. The van der Waals surface area contributed by atoms with Crippen LogP contribution in [-0.4, -0.2) is 9.85 Å². The van der Waals surface area contributed by atoms with Crippen LogP contribution >= 0.6 is 0 Å². The van der Waals surface area contributed by atoms with E-state index in [0.717, 1.165) is 6.07 Å². The maximum absolute atomic E-state index is 12.4. The summed E-state index contributed by atoms with van der Waals surface area (Å²) in [5.41, 5.74) is -0.277. The minimum absolute atomic E-state index is 0.0568. The molecule has 0 saturated heterocycles. The average Bonchev–Trinajstić information content (AvgIpc) is 2.54. The molecule has 0 bridgehead atoms. The summed E-state index contributed by atoms with van der Waals surface area (Å²) in [4.78, 5) is 33.3. The van der Waals surface area contributed by atoms with Crippen LogP contribution in [0.15, 0.2) is 51.7 Å². The topological polar surface area (TPSA) is 116 Å². The van der Waals surface area contributed by atoms with Crippen molar-refractivity contribution in [2.45, 2.75) is 6.92 Å². The summed E-state index contributed by atoms with van der Waals surface area (Å²) in [5.74, 6) is 0.106. The molecule has 0 unspecified atom stereocenters. The zero-order valence-electron chi connectivity index (χ0n) is 12.4. The van der Waals surface area contributed by atoms with Gasteiger partial charge in [-0.05, 0) is 19.1 Å². The highest BCUT2D eigenvalue weighted by Gasteiger charge is 2.21. The molecule has 0 atom stereocenters. The molecule has 1 aromatic heterocycles. The highest BCUT2D eigenvalue weighted by molar-refractivity contribution is 5.89. The van der Waals surface area contributed by atoms with Gasteiger partial charge in [-0.15, -0.1) is 0 Å². The predicted octanol–water partition coefficient (Wildman–Crippen LogP) is 3.58. The van der Waals surface area contributed by atoms with Crippen molar-refractivity contribution in [3.05, 3.63) is 78.5 Å². The van der Waals surface area contributed by atoms with Gasteiger partial charge in [-0.1, -0.05) is 12.1 Å². The van der Waals surface area contributed by atoms with Crippen LogP contribution in [0.5, 0.6) is 0 Å². The molecular formula is C16H10N2O6. The standard InChI is InChI=1S/C16H10N2O6/c1-9-5-6-13-15(16(9)18(22)23)12(19)8-14(24-13)10-3-2-4-11(7-10)17(20)21/h2-8H,1H3.